The molecule has 0 aliphatic rings. The van der Waals surface area contributed by atoms with Gasteiger partial charge in [-0.05, 0) is 18.6 Å². The number of carbonyl (C=O) groups is 1. The van der Waals surface area contributed by atoms with Crippen molar-refractivity contribution in [1.29, 1.82) is 0 Å². The lowest BCUT2D eigenvalue weighted by Crippen LogP contribution is -2.26. The lowest BCUT2D eigenvalue weighted by molar-refractivity contribution is -0.127. The van der Waals surface area contributed by atoms with Crippen LogP contribution in [0.25, 0.3) is 10.9 Å². The summed E-state index contributed by atoms with van der Waals surface area (Å²) in [7, 11) is 0. The number of benzene rings is 1. The predicted molar refractivity (Wildman–Crippen MR) is 70.0 cm³/mol. The third-order valence-electron chi connectivity index (χ3n) is 2.63. The number of aromatic nitrogens is 1. The van der Waals surface area contributed by atoms with E-state index in [9.17, 15) is 4.79 Å². The summed E-state index contributed by atoms with van der Waals surface area (Å²) in [6, 6.07) is 9.43. The summed E-state index contributed by atoms with van der Waals surface area (Å²) in [5, 5.41) is 0.984. The molecule has 4 nitrogen and oxygen atoms in total. The predicted octanol–water partition coefficient (Wildman–Crippen LogP) is 2.84. The molecule has 0 saturated heterocycles. The van der Waals surface area contributed by atoms with Crippen molar-refractivity contribution in [2.45, 2.75) is 26.2 Å². The van der Waals surface area contributed by atoms with E-state index in [0.29, 0.717) is 12.2 Å². The number of pyridine rings is 1. The summed E-state index contributed by atoms with van der Waals surface area (Å²) in [6.45, 7) is 2.04. The first-order chi connectivity index (χ1) is 8.81. The molecule has 1 amide bonds. The van der Waals surface area contributed by atoms with Gasteiger partial charge in [-0.1, -0.05) is 31.5 Å². The van der Waals surface area contributed by atoms with Crippen LogP contribution in [0.15, 0.2) is 36.5 Å². The number of hydroxylamine groups is 1. The summed E-state index contributed by atoms with van der Waals surface area (Å²) in [6.07, 6.45) is 4.04. The highest BCUT2D eigenvalue weighted by atomic mass is 16.7. The molecule has 1 aromatic heterocycles. The monoisotopic (exact) mass is 244 g/mol. The Hall–Kier alpha value is -2.10. The van der Waals surface area contributed by atoms with Crippen LogP contribution in [-0.4, -0.2) is 10.9 Å². The molecule has 0 spiro atoms. The summed E-state index contributed by atoms with van der Waals surface area (Å²) in [4.78, 5) is 21.0. The Morgan fingerprint density at radius 3 is 3.00 bits per heavy atom. The third-order valence-corrected chi connectivity index (χ3v) is 2.63. The average molecular weight is 244 g/mol. The summed E-state index contributed by atoms with van der Waals surface area (Å²) in [5.41, 5.74) is 3.19. The fourth-order valence-electron chi connectivity index (χ4n) is 1.66. The van der Waals surface area contributed by atoms with Crippen LogP contribution in [0.4, 0.5) is 0 Å². The van der Waals surface area contributed by atoms with Crippen LogP contribution in [-0.2, 0) is 4.79 Å². The van der Waals surface area contributed by atoms with Crippen molar-refractivity contribution in [2.24, 2.45) is 0 Å². The fraction of sp³-hybridized carbons (Fsp3) is 0.286. The lowest BCUT2D eigenvalue weighted by atomic mass is 10.2. The largest absolute Gasteiger partial charge is 0.377 e. The number of nitrogens with one attached hydrogen (secondary N) is 1. The zero-order valence-electron chi connectivity index (χ0n) is 10.3. The minimum absolute atomic E-state index is 0.107. The minimum Gasteiger partial charge on any atom is -0.377 e. The van der Waals surface area contributed by atoms with Crippen molar-refractivity contribution in [3.63, 3.8) is 0 Å². The van der Waals surface area contributed by atoms with Crippen LogP contribution < -0.4 is 10.3 Å². The lowest BCUT2D eigenvalue weighted by Gasteiger charge is -2.08. The highest BCUT2D eigenvalue weighted by Crippen LogP contribution is 2.22. The summed E-state index contributed by atoms with van der Waals surface area (Å²) >= 11 is 0. The highest BCUT2D eigenvalue weighted by Gasteiger charge is 2.05. The zero-order valence-corrected chi connectivity index (χ0v) is 10.3. The van der Waals surface area contributed by atoms with Crippen molar-refractivity contribution in [1.82, 2.24) is 10.5 Å². The first-order valence-corrected chi connectivity index (χ1v) is 6.10. The quantitative estimate of drug-likeness (QED) is 0.823. The van der Waals surface area contributed by atoms with Crippen LogP contribution >= 0.6 is 0 Å². The maximum Gasteiger partial charge on any atom is 0.252 e. The van der Waals surface area contributed by atoms with Crippen LogP contribution in [0.2, 0.25) is 0 Å². The van der Waals surface area contributed by atoms with Gasteiger partial charge in [-0.15, -0.1) is 0 Å². The van der Waals surface area contributed by atoms with Gasteiger partial charge < -0.3 is 4.84 Å². The molecule has 4 heteroatoms. The number of rotatable bonds is 5. The van der Waals surface area contributed by atoms with Gasteiger partial charge in [0.05, 0.1) is 0 Å². The van der Waals surface area contributed by atoms with Crippen LogP contribution in [0.3, 0.4) is 0 Å². The van der Waals surface area contributed by atoms with E-state index >= 15 is 0 Å². The van der Waals surface area contributed by atoms with Gasteiger partial charge in [0.1, 0.15) is 5.52 Å². The van der Waals surface area contributed by atoms with E-state index in [1.807, 2.05) is 31.2 Å². The maximum atomic E-state index is 11.5. The number of fused-ring (bicyclic) bond motifs is 1. The van der Waals surface area contributed by atoms with Crippen LogP contribution in [0.5, 0.6) is 5.75 Å². The number of amides is 1. The Kier molecular flexibility index (Phi) is 4.12. The zero-order chi connectivity index (χ0) is 12.8. The molecule has 0 bridgehead atoms. The van der Waals surface area contributed by atoms with Crippen molar-refractivity contribution < 1.29 is 9.63 Å². The number of hydrogen-bond donors (Lipinski definition) is 1. The number of para-hydroxylation sites is 1. The van der Waals surface area contributed by atoms with Crippen LogP contribution in [0.1, 0.15) is 26.2 Å². The Morgan fingerprint density at radius 2 is 2.17 bits per heavy atom. The van der Waals surface area contributed by atoms with E-state index in [1.54, 1.807) is 12.3 Å². The van der Waals surface area contributed by atoms with Gasteiger partial charge >= 0.3 is 0 Å². The molecular weight excluding hydrogens is 228 g/mol. The fourth-order valence-corrected chi connectivity index (χ4v) is 1.66. The molecule has 0 aliphatic heterocycles. The molecule has 2 aromatic rings. The van der Waals surface area contributed by atoms with Crippen molar-refractivity contribution in [2.75, 3.05) is 0 Å². The molecule has 0 fully saturated rings. The van der Waals surface area contributed by atoms with E-state index in [2.05, 4.69) is 10.5 Å². The third kappa shape index (κ3) is 2.97. The van der Waals surface area contributed by atoms with E-state index in [-0.39, 0.29) is 5.91 Å². The summed E-state index contributed by atoms with van der Waals surface area (Å²) < 4.78 is 0. The smallest absolute Gasteiger partial charge is 0.252 e. The van der Waals surface area contributed by atoms with Crippen LogP contribution in [0, 0.1) is 0 Å². The molecule has 1 heterocycles. The van der Waals surface area contributed by atoms with Gasteiger partial charge in [-0.2, -0.15) is 5.48 Å². The number of unbranched alkanes of at least 4 members (excludes halogenated alkanes) is 1. The molecule has 0 radical (unpaired) electrons. The maximum absolute atomic E-state index is 11.5. The Balaban J connectivity index is 2.05. The molecule has 0 unspecified atom stereocenters. The topological polar surface area (TPSA) is 51.2 Å². The molecule has 94 valence electrons. The Morgan fingerprint density at radius 1 is 1.33 bits per heavy atom. The first kappa shape index (κ1) is 12.4. The second-order valence-electron chi connectivity index (χ2n) is 4.06. The van der Waals surface area contributed by atoms with E-state index < -0.39 is 0 Å². The first-order valence-electron chi connectivity index (χ1n) is 6.10. The molecule has 1 N–H and O–H groups in total. The standard InChI is InChI=1S/C14H16N2O2/c1-2-3-9-13(17)16-18-12-8-4-6-11-7-5-10-15-14(11)12/h4-8,10H,2-3,9H2,1H3,(H,16,17). The number of carbonyl (C=O) groups excluding carboxylic acids is 1. The number of nitrogens with zero attached hydrogens (tertiary/aromatic N) is 1. The molecular formula is C14H16N2O2. The van der Waals surface area contributed by atoms with Gasteiger partial charge in [0.15, 0.2) is 5.75 Å². The van der Waals surface area contributed by atoms with Gasteiger partial charge in [-0.25, -0.2) is 0 Å². The van der Waals surface area contributed by atoms with Gasteiger partial charge in [0, 0.05) is 18.0 Å². The van der Waals surface area contributed by atoms with Crippen molar-refractivity contribution in [3.8, 4) is 5.75 Å². The van der Waals surface area contributed by atoms with E-state index in [4.69, 9.17) is 4.84 Å². The molecule has 0 aliphatic carbocycles. The average Bonchev–Trinajstić information content (AvgIpc) is 2.42. The number of hydrogen-bond acceptors (Lipinski definition) is 3. The summed E-state index contributed by atoms with van der Waals surface area (Å²) in [5.74, 6) is 0.461. The molecule has 0 atom stereocenters. The van der Waals surface area contributed by atoms with E-state index in [1.165, 1.54) is 0 Å². The van der Waals surface area contributed by atoms with E-state index in [0.717, 1.165) is 23.7 Å². The van der Waals surface area contributed by atoms with Crippen molar-refractivity contribution in [3.05, 3.63) is 36.5 Å². The Bertz CT molecular complexity index is 535. The molecule has 2 rings (SSSR count). The SMILES string of the molecule is CCCCC(=O)NOc1cccc2cccnc12. The second kappa shape index (κ2) is 6.00. The molecule has 18 heavy (non-hydrogen) atoms. The second-order valence-corrected chi connectivity index (χ2v) is 4.06. The normalized spacial score (nSPS) is 10.3. The molecule has 1 aromatic carbocycles. The van der Waals surface area contributed by atoms with Gasteiger partial charge in [0.2, 0.25) is 0 Å². The molecule has 0 saturated carbocycles. The van der Waals surface area contributed by atoms with Gasteiger partial charge in [0.25, 0.3) is 5.91 Å². The minimum atomic E-state index is -0.107. The Labute approximate surface area is 106 Å². The highest BCUT2D eigenvalue weighted by molar-refractivity contribution is 5.84. The van der Waals surface area contributed by atoms with Crippen molar-refractivity contribution >= 4 is 16.8 Å². The van der Waals surface area contributed by atoms with Gasteiger partial charge in [-0.3, -0.25) is 9.78 Å².